The van der Waals surface area contributed by atoms with E-state index in [-0.39, 0.29) is 5.69 Å². The van der Waals surface area contributed by atoms with E-state index in [0.717, 1.165) is 5.56 Å². The van der Waals surface area contributed by atoms with Crippen LogP contribution in [0.1, 0.15) is 27.7 Å². The number of aryl methyl sites for hydroxylation is 1. The molecule has 0 spiro atoms. The Bertz CT molecular complexity index is 1300. The smallest absolute Gasteiger partial charge is 0.279 e. The fourth-order valence-corrected chi connectivity index (χ4v) is 3.68. The minimum Gasteiger partial charge on any atom is -0.324 e. The van der Waals surface area contributed by atoms with Crippen molar-refractivity contribution in [3.8, 4) is 0 Å². The zero-order valence-corrected chi connectivity index (χ0v) is 18.9. The zero-order chi connectivity index (χ0) is 24.1. The zero-order valence-electron chi connectivity index (χ0n) is 18.2. The number of carbonyl (C=O) groups is 2. The molecule has 34 heavy (non-hydrogen) atoms. The normalized spacial score (nSPS) is 11.5. The lowest BCUT2D eigenvalue weighted by molar-refractivity contribution is -0.117. The summed E-state index contributed by atoms with van der Waals surface area (Å²) in [5, 5.41) is 3.29. The number of nitrogens with zero attached hydrogens (tertiary/aromatic N) is 3. The van der Waals surface area contributed by atoms with Gasteiger partial charge in [-0.25, -0.2) is 9.37 Å². The molecule has 6 nitrogen and oxygen atoms in total. The number of hydrogen-bond donors (Lipinski definition) is 1. The number of carbonyl (C=O) groups excluding carboxylic acids is 2. The van der Waals surface area contributed by atoms with Crippen molar-refractivity contribution in [1.29, 1.82) is 0 Å². The molecule has 0 fully saturated rings. The summed E-state index contributed by atoms with van der Waals surface area (Å²) in [7, 11) is 0. The molecular weight excluding hydrogens is 455 g/mol. The molecule has 2 amide bonds. The van der Waals surface area contributed by atoms with Gasteiger partial charge in [-0.05, 0) is 66.6 Å². The predicted molar refractivity (Wildman–Crippen MR) is 129 cm³/mol. The first-order valence-electron chi connectivity index (χ1n) is 10.4. The van der Waals surface area contributed by atoms with Crippen molar-refractivity contribution < 1.29 is 14.0 Å². The van der Waals surface area contributed by atoms with E-state index in [2.05, 4.69) is 15.3 Å². The first-order valence-corrected chi connectivity index (χ1v) is 10.8. The largest absolute Gasteiger partial charge is 0.324 e. The lowest BCUT2D eigenvalue weighted by atomic mass is 9.97. The molecule has 0 saturated heterocycles. The van der Waals surface area contributed by atoms with Crippen molar-refractivity contribution in [3.63, 3.8) is 0 Å². The number of aromatic nitrogens is 2. The highest BCUT2D eigenvalue weighted by molar-refractivity contribution is 6.30. The van der Waals surface area contributed by atoms with Gasteiger partial charge in [0.15, 0.2) is 0 Å². The average Bonchev–Trinajstić information content (AvgIpc) is 2.85. The van der Waals surface area contributed by atoms with Crippen LogP contribution >= 0.6 is 11.6 Å². The lowest BCUT2D eigenvalue weighted by Gasteiger charge is -2.32. The topological polar surface area (TPSA) is 75.2 Å². The second-order valence-corrected chi connectivity index (χ2v) is 7.93. The second-order valence-electron chi connectivity index (χ2n) is 7.50. The summed E-state index contributed by atoms with van der Waals surface area (Å²) >= 11 is 6.08. The number of halogens is 2. The number of amides is 2. The summed E-state index contributed by atoms with van der Waals surface area (Å²) < 4.78 is 13.4. The van der Waals surface area contributed by atoms with Crippen LogP contribution in [0, 0.1) is 12.7 Å². The molecule has 8 heteroatoms. The van der Waals surface area contributed by atoms with Crippen molar-refractivity contribution in [2.75, 3.05) is 10.2 Å². The van der Waals surface area contributed by atoms with Crippen molar-refractivity contribution >= 4 is 34.8 Å². The van der Waals surface area contributed by atoms with Gasteiger partial charge in [-0.3, -0.25) is 19.5 Å². The third-order valence-electron chi connectivity index (χ3n) is 5.21. The van der Waals surface area contributed by atoms with E-state index in [1.165, 1.54) is 47.8 Å². The molecular formula is C26H20ClFN4O2. The summed E-state index contributed by atoms with van der Waals surface area (Å²) in [5.74, 6) is -1.42. The summed E-state index contributed by atoms with van der Waals surface area (Å²) in [5.41, 5.74) is 2.35. The van der Waals surface area contributed by atoms with Crippen molar-refractivity contribution in [3.05, 3.63) is 119 Å². The van der Waals surface area contributed by atoms with E-state index in [0.29, 0.717) is 22.0 Å². The maximum Gasteiger partial charge on any atom is 0.279 e. The van der Waals surface area contributed by atoms with E-state index in [1.807, 2.05) is 19.1 Å². The summed E-state index contributed by atoms with van der Waals surface area (Å²) in [6, 6.07) is 18.2. The van der Waals surface area contributed by atoms with E-state index in [4.69, 9.17) is 11.6 Å². The molecule has 0 unspecified atom stereocenters. The molecule has 0 aliphatic heterocycles. The number of benzene rings is 3. The van der Waals surface area contributed by atoms with E-state index in [1.54, 1.807) is 36.4 Å². The van der Waals surface area contributed by atoms with Gasteiger partial charge in [0.2, 0.25) is 0 Å². The minimum atomic E-state index is -1.07. The maximum atomic E-state index is 13.7. The van der Waals surface area contributed by atoms with Gasteiger partial charge >= 0.3 is 0 Å². The monoisotopic (exact) mass is 474 g/mol. The van der Waals surface area contributed by atoms with Crippen LogP contribution in [0.5, 0.6) is 0 Å². The SMILES string of the molecule is Cc1ccccc1[C@H](C(=O)Nc1ccc(F)cc1)N(C(=O)c1cnccn1)c1ccc(Cl)cc1. The summed E-state index contributed by atoms with van der Waals surface area (Å²) in [6.45, 7) is 1.86. The standard InChI is InChI=1S/C26H20ClFN4O2/c1-17-4-2-3-5-22(17)24(25(33)31-20-10-8-19(28)9-11-20)32(21-12-6-18(27)7-13-21)26(34)23-16-29-14-15-30-23/h2-16,24H,1H3,(H,31,33)/t24-/m1/s1. The van der Waals surface area contributed by atoms with Gasteiger partial charge in [-0.1, -0.05) is 35.9 Å². The van der Waals surface area contributed by atoms with Crippen LogP contribution in [0.2, 0.25) is 5.02 Å². The molecule has 1 atom stereocenters. The Balaban J connectivity index is 1.85. The molecule has 0 radical (unpaired) electrons. The molecule has 0 aliphatic carbocycles. The number of rotatable bonds is 6. The molecule has 0 aliphatic rings. The van der Waals surface area contributed by atoms with E-state index < -0.39 is 23.7 Å². The van der Waals surface area contributed by atoms with Crippen LogP contribution in [-0.4, -0.2) is 21.8 Å². The van der Waals surface area contributed by atoms with Crippen LogP contribution in [0.15, 0.2) is 91.4 Å². The first kappa shape index (κ1) is 23.1. The van der Waals surface area contributed by atoms with E-state index >= 15 is 0 Å². The van der Waals surface area contributed by atoms with Crippen LogP contribution in [0.25, 0.3) is 0 Å². The fraction of sp³-hybridized carbons (Fsp3) is 0.0769. The molecule has 4 aromatic rings. The van der Waals surface area contributed by atoms with E-state index in [9.17, 15) is 14.0 Å². The van der Waals surface area contributed by atoms with Gasteiger partial charge in [-0.2, -0.15) is 0 Å². The quantitative estimate of drug-likeness (QED) is 0.394. The first-order chi connectivity index (χ1) is 16.4. The van der Waals surface area contributed by atoms with Crippen molar-refractivity contribution in [2.45, 2.75) is 13.0 Å². The highest BCUT2D eigenvalue weighted by Crippen LogP contribution is 2.32. The molecule has 1 N–H and O–H groups in total. The van der Waals surface area contributed by atoms with Gasteiger partial charge < -0.3 is 5.32 Å². The average molecular weight is 475 g/mol. The third kappa shape index (κ3) is 5.10. The number of anilines is 2. The lowest BCUT2D eigenvalue weighted by Crippen LogP contribution is -2.42. The Hall–Kier alpha value is -4.10. The van der Waals surface area contributed by atoms with Gasteiger partial charge in [0, 0.05) is 28.8 Å². The summed E-state index contributed by atoms with van der Waals surface area (Å²) in [4.78, 5) is 36.9. The second kappa shape index (κ2) is 10.2. The summed E-state index contributed by atoms with van der Waals surface area (Å²) in [6.07, 6.45) is 4.22. The van der Waals surface area contributed by atoms with Gasteiger partial charge in [0.1, 0.15) is 17.6 Å². The van der Waals surface area contributed by atoms with Gasteiger partial charge in [0.25, 0.3) is 11.8 Å². The molecule has 1 aromatic heterocycles. The molecule has 0 saturated carbocycles. The molecule has 3 aromatic carbocycles. The highest BCUT2D eigenvalue weighted by Gasteiger charge is 2.35. The van der Waals surface area contributed by atoms with Gasteiger partial charge in [0.05, 0.1) is 6.20 Å². The Labute approximate surface area is 201 Å². The predicted octanol–water partition coefficient (Wildman–Crippen LogP) is 5.60. The van der Waals surface area contributed by atoms with Crippen molar-refractivity contribution in [1.82, 2.24) is 9.97 Å². The molecule has 0 bridgehead atoms. The Kier molecular flexibility index (Phi) is 6.94. The van der Waals surface area contributed by atoms with Crippen LogP contribution in [0.4, 0.5) is 15.8 Å². The minimum absolute atomic E-state index is 0.0746. The maximum absolute atomic E-state index is 13.7. The third-order valence-corrected chi connectivity index (χ3v) is 5.46. The number of nitrogens with one attached hydrogen (secondary N) is 1. The number of hydrogen-bond acceptors (Lipinski definition) is 4. The fourth-order valence-electron chi connectivity index (χ4n) is 3.55. The van der Waals surface area contributed by atoms with Gasteiger partial charge in [-0.15, -0.1) is 0 Å². The molecule has 1 heterocycles. The Morgan fingerprint density at radius 2 is 1.68 bits per heavy atom. The molecule has 4 rings (SSSR count). The Morgan fingerprint density at radius 1 is 0.971 bits per heavy atom. The molecule has 170 valence electrons. The van der Waals surface area contributed by atoms with Crippen molar-refractivity contribution in [2.24, 2.45) is 0 Å². The highest BCUT2D eigenvalue weighted by atomic mass is 35.5. The Morgan fingerprint density at radius 3 is 2.32 bits per heavy atom. The van der Waals surface area contributed by atoms with Crippen LogP contribution < -0.4 is 10.2 Å². The van der Waals surface area contributed by atoms with Crippen LogP contribution in [-0.2, 0) is 4.79 Å². The van der Waals surface area contributed by atoms with Crippen LogP contribution in [0.3, 0.4) is 0 Å².